The number of nitrogens with one attached hydrogen (secondary N) is 1. The summed E-state index contributed by atoms with van der Waals surface area (Å²) in [6.07, 6.45) is 0. The van der Waals surface area contributed by atoms with Gasteiger partial charge in [-0.1, -0.05) is 18.2 Å². The van der Waals surface area contributed by atoms with Crippen molar-refractivity contribution in [1.29, 1.82) is 0 Å². The van der Waals surface area contributed by atoms with Crippen LogP contribution in [0.1, 0.15) is 10.4 Å². The summed E-state index contributed by atoms with van der Waals surface area (Å²) in [5.74, 6) is -0.265. The van der Waals surface area contributed by atoms with Crippen LogP contribution < -0.4 is 11.1 Å². The normalized spacial score (nSPS) is 9.56. The summed E-state index contributed by atoms with van der Waals surface area (Å²) < 4.78 is 0. The molecule has 16 heavy (non-hydrogen) atoms. The average molecular weight is 223 g/mol. The molecule has 0 bridgehead atoms. The molecule has 0 unspecified atom stereocenters. The topological polar surface area (TPSA) is 95.7 Å². The molecule has 0 saturated heterocycles. The van der Waals surface area contributed by atoms with E-state index in [4.69, 9.17) is 10.9 Å². The van der Waals surface area contributed by atoms with Crippen LogP contribution in [-0.2, 0) is 0 Å². The maximum atomic E-state index is 11.5. The molecular weight excluding hydrogens is 210 g/mol. The van der Waals surface area contributed by atoms with Gasteiger partial charge in [-0.25, -0.2) is 9.86 Å². The van der Waals surface area contributed by atoms with Crippen LogP contribution in [0.25, 0.3) is 0 Å². The van der Waals surface area contributed by atoms with E-state index in [-0.39, 0.29) is 19.0 Å². The second-order valence-corrected chi connectivity index (χ2v) is 3.08. The smallest absolute Gasteiger partial charge is 0.338 e. The van der Waals surface area contributed by atoms with Crippen LogP contribution in [0.4, 0.5) is 4.79 Å². The highest BCUT2D eigenvalue weighted by Gasteiger charge is 2.07. The van der Waals surface area contributed by atoms with Crippen molar-refractivity contribution in [2.75, 3.05) is 13.1 Å². The number of carbonyl (C=O) groups excluding carboxylic acids is 2. The highest BCUT2D eigenvalue weighted by molar-refractivity contribution is 5.94. The van der Waals surface area contributed by atoms with Crippen LogP contribution in [0.3, 0.4) is 0 Å². The van der Waals surface area contributed by atoms with Gasteiger partial charge < -0.3 is 11.1 Å². The monoisotopic (exact) mass is 223 g/mol. The van der Waals surface area contributed by atoms with E-state index in [1.807, 2.05) is 0 Å². The fourth-order valence-electron chi connectivity index (χ4n) is 1.08. The first-order chi connectivity index (χ1) is 7.61. The largest absolute Gasteiger partial charge is 0.350 e. The summed E-state index contributed by atoms with van der Waals surface area (Å²) in [6, 6.07) is 7.68. The number of primary amides is 1. The number of hydrogen-bond donors (Lipinski definition) is 3. The fourth-order valence-corrected chi connectivity index (χ4v) is 1.08. The van der Waals surface area contributed by atoms with Crippen molar-refractivity contribution in [2.24, 2.45) is 5.73 Å². The summed E-state index contributed by atoms with van der Waals surface area (Å²) in [5, 5.41) is 11.8. The third-order valence-corrected chi connectivity index (χ3v) is 1.90. The molecule has 1 aromatic rings. The van der Waals surface area contributed by atoms with Crippen molar-refractivity contribution in [2.45, 2.75) is 0 Å². The summed E-state index contributed by atoms with van der Waals surface area (Å²) in [5.41, 5.74) is 5.31. The molecule has 0 spiro atoms. The van der Waals surface area contributed by atoms with Gasteiger partial charge in [0.2, 0.25) is 0 Å². The number of hydrogen-bond acceptors (Lipinski definition) is 3. The van der Waals surface area contributed by atoms with Gasteiger partial charge in [-0.15, -0.1) is 0 Å². The lowest BCUT2D eigenvalue weighted by atomic mass is 10.2. The van der Waals surface area contributed by atoms with Crippen LogP contribution >= 0.6 is 0 Å². The van der Waals surface area contributed by atoms with Gasteiger partial charge in [0.25, 0.3) is 5.91 Å². The zero-order valence-corrected chi connectivity index (χ0v) is 8.59. The van der Waals surface area contributed by atoms with Crippen LogP contribution in [0.2, 0.25) is 0 Å². The van der Waals surface area contributed by atoms with E-state index < -0.39 is 6.03 Å². The van der Waals surface area contributed by atoms with Gasteiger partial charge in [0.15, 0.2) is 0 Å². The molecular formula is C10H13N3O3. The number of benzene rings is 1. The third kappa shape index (κ3) is 3.58. The van der Waals surface area contributed by atoms with E-state index in [2.05, 4.69) is 5.32 Å². The van der Waals surface area contributed by atoms with E-state index in [9.17, 15) is 9.59 Å². The van der Waals surface area contributed by atoms with Gasteiger partial charge >= 0.3 is 6.03 Å². The number of urea groups is 1. The molecule has 4 N–H and O–H groups in total. The molecule has 0 radical (unpaired) electrons. The van der Waals surface area contributed by atoms with Crippen molar-refractivity contribution in [3.63, 3.8) is 0 Å². The minimum Gasteiger partial charge on any atom is -0.350 e. The first-order valence-electron chi connectivity index (χ1n) is 4.70. The van der Waals surface area contributed by atoms with Gasteiger partial charge in [0.1, 0.15) is 0 Å². The molecule has 0 heterocycles. The summed E-state index contributed by atoms with van der Waals surface area (Å²) in [6.45, 7) is 0.0844. The van der Waals surface area contributed by atoms with Crippen molar-refractivity contribution in [3.8, 4) is 0 Å². The van der Waals surface area contributed by atoms with Gasteiger partial charge in [-0.05, 0) is 12.1 Å². The number of rotatable bonds is 4. The molecule has 0 aliphatic heterocycles. The molecule has 0 aliphatic rings. The Kier molecular flexibility index (Phi) is 4.28. The molecule has 1 rings (SSSR count). The molecule has 0 aromatic heterocycles. The summed E-state index contributed by atoms with van der Waals surface area (Å²) >= 11 is 0. The lowest BCUT2D eigenvalue weighted by Gasteiger charge is -2.12. The fraction of sp³-hybridized carbons (Fsp3) is 0.200. The van der Waals surface area contributed by atoms with Crippen molar-refractivity contribution in [3.05, 3.63) is 35.9 Å². The van der Waals surface area contributed by atoms with E-state index in [1.54, 1.807) is 30.3 Å². The Hall–Kier alpha value is -2.08. The Morgan fingerprint density at radius 2 is 1.94 bits per heavy atom. The predicted molar refractivity (Wildman–Crippen MR) is 56.9 cm³/mol. The molecule has 0 saturated carbocycles. The maximum Gasteiger partial charge on any atom is 0.338 e. The van der Waals surface area contributed by atoms with E-state index in [0.29, 0.717) is 10.6 Å². The van der Waals surface area contributed by atoms with Gasteiger partial charge in [-0.3, -0.25) is 10.0 Å². The van der Waals surface area contributed by atoms with Crippen molar-refractivity contribution >= 4 is 11.9 Å². The number of nitrogens with two attached hydrogens (primary N) is 1. The van der Waals surface area contributed by atoms with Crippen LogP contribution in [0, 0.1) is 0 Å². The number of hydroxylamine groups is 2. The lowest BCUT2D eigenvalue weighted by molar-refractivity contribution is -0.0376. The molecule has 0 fully saturated rings. The molecule has 86 valence electrons. The van der Waals surface area contributed by atoms with Crippen molar-refractivity contribution in [1.82, 2.24) is 10.4 Å². The van der Waals surface area contributed by atoms with Crippen molar-refractivity contribution < 1.29 is 14.8 Å². The first-order valence-corrected chi connectivity index (χ1v) is 4.70. The summed E-state index contributed by atoms with van der Waals surface area (Å²) in [7, 11) is 0. The highest BCUT2D eigenvalue weighted by atomic mass is 16.5. The number of carbonyl (C=O) groups is 2. The SMILES string of the molecule is NC(=O)N(O)CCNC(=O)c1ccccc1. The second-order valence-electron chi connectivity index (χ2n) is 3.08. The highest BCUT2D eigenvalue weighted by Crippen LogP contribution is 1.97. The Balaban J connectivity index is 2.34. The van der Waals surface area contributed by atoms with Gasteiger partial charge in [-0.2, -0.15) is 0 Å². The zero-order chi connectivity index (χ0) is 12.0. The van der Waals surface area contributed by atoms with E-state index in [0.717, 1.165) is 0 Å². The molecule has 1 aromatic carbocycles. The Bertz CT molecular complexity index is 367. The first kappa shape index (κ1) is 12.0. The zero-order valence-electron chi connectivity index (χ0n) is 8.59. The number of nitrogens with zero attached hydrogens (tertiary/aromatic N) is 1. The molecule has 0 atom stereocenters. The lowest BCUT2D eigenvalue weighted by Crippen LogP contribution is -2.39. The molecule has 0 aliphatic carbocycles. The van der Waals surface area contributed by atoms with Gasteiger partial charge in [0, 0.05) is 12.1 Å². The predicted octanol–water partition coefficient (Wildman–Crippen LogP) is 0.186. The van der Waals surface area contributed by atoms with E-state index >= 15 is 0 Å². The van der Waals surface area contributed by atoms with Gasteiger partial charge in [0.05, 0.1) is 6.54 Å². The van der Waals surface area contributed by atoms with Crippen LogP contribution in [0.15, 0.2) is 30.3 Å². The summed E-state index contributed by atoms with van der Waals surface area (Å²) in [4.78, 5) is 21.9. The standard InChI is InChI=1S/C10H13N3O3/c11-10(15)13(16)7-6-12-9(14)8-4-2-1-3-5-8/h1-5,16H,6-7H2,(H2,11,15)(H,12,14). The Morgan fingerprint density at radius 3 is 2.50 bits per heavy atom. The third-order valence-electron chi connectivity index (χ3n) is 1.90. The second kappa shape index (κ2) is 5.72. The Morgan fingerprint density at radius 1 is 1.31 bits per heavy atom. The van der Waals surface area contributed by atoms with Crippen LogP contribution in [0.5, 0.6) is 0 Å². The molecule has 6 heteroatoms. The Labute approximate surface area is 92.6 Å². The minimum atomic E-state index is -0.950. The number of amides is 3. The average Bonchev–Trinajstić information content (AvgIpc) is 2.29. The molecule has 3 amide bonds. The molecule has 6 nitrogen and oxygen atoms in total. The maximum absolute atomic E-state index is 11.5. The van der Waals surface area contributed by atoms with Crippen LogP contribution in [-0.4, -0.2) is 35.3 Å². The minimum absolute atomic E-state index is 0.0477. The quantitative estimate of drug-likeness (QED) is 0.502. The van der Waals surface area contributed by atoms with E-state index in [1.165, 1.54) is 0 Å².